The second-order valence-corrected chi connectivity index (χ2v) is 16.5. The first kappa shape index (κ1) is 45.6. The lowest BCUT2D eigenvalue weighted by Crippen LogP contribution is -2.44. The first-order valence-corrected chi connectivity index (χ1v) is 22.2. The summed E-state index contributed by atoms with van der Waals surface area (Å²) in [6.45, 7) is 6.11. The number of hydrogen-bond donors (Lipinski definition) is 0. The zero-order valence-electron chi connectivity index (χ0n) is 35.3. The molecule has 0 bridgehead atoms. The Kier molecular flexibility index (Phi) is 21.8. The third-order valence-corrected chi connectivity index (χ3v) is 12.3. The van der Waals surface area contributed by atoms with E-state index >= 15 is 0 Å². The minimum Gasteiger partial charge on any atom is -0.494 e. The van der Waals surface area contributed by atoms with Crippen LogP contribution in [-0.2, 0) is 41.8 Å². The average molecular weight is 779 g/mol. The third-order valence-electron chi connectivity index (χ3n) is 12.3. The number of carbonyl (C=O) groups is 2. The monoisotopic (exact) mass is 779 g/mol. The van der Waals surface area contributed by atoms with Gasteiger partial charge in [-0.05, 0) is 84.7 Å². The predicted octanol–water partition coefficient (Wildman–Crippen LogP) is 11.6. The van der Waals surface area contributed by atoms with E-state index in [1.807, 2.05) is 48.5 Å². The van der Waals surface area contributed by atoms with Crippen LogP contribution in [0.4, 0.5) is 0 Å². The molecule has 2 aromatic carbocycles. The molecule has 0 unspecified atom stereocenters. The largest absolute Gasteiger partial charge is 0.494 e. The second kappa shape index (κ2) is 26.7. The molecule has 0 aliphatic heterocycles. The Bertz CT molecular complexity index is 1220. The Morgan fingerprint density at radius 2 is 0.821 bits per heavy atom. The lowest BCUT2D eigenvalue weighted by Gasteiger charge is -2.28. The van der Waals surface area contributed by atoms with Crippen LogP contribution in [-0.4, -0.2) is 51.6 Å². The molecule has 2 aromatic rings. The van der Waals surface area contributed by atoms with Crippen molar-refractivity contribution in [3.63, 3.8) is 0 Å². The molecule has 4 rings (SSSR count). The molecule has 8 nitrogen and oxygen atoms in total. The molecule has 2 fully saturated rings. The van der Waals surface area contributed by atoms with Crippen molar-refractivity contribution in [1.82, 2.24) is 0 Å². The Hall–Kier alpha value is -3.10. The fraction of sp³-hybridized carbons (Fsp3) is 0.708. The molecule has 2 saturated carbocycles. The van der Waals surface area contributed by atoms with Gasteiger partial charge in [0.1, 0.15) is 11.5 Å². The summed E-state index contributed by atoms with van der Waals surface area (Å²) < 4.78 is 34.1. The zero-order chi connectivity index (χ0) is 39.8. The average Bonchev–Trinajstić information content (AvgIpc) is 3.24. The summed E-state index contributed by atoms with van der Waals surface area (Å²) in [5, 5.41) is 0. The van der Waals surface area contributed by atoms with Gasteiger partial charge in [-0.3, -0.25) is 0 Å². The number of ether oxygens (including phenoxy) is 6. The molecule has 56 heavy (non-hydrogen) atoms. The summed E-state index contributed by atoms with van der Waals surface area (Å²) in [7, 11) is 2.52. The van der Waals surface area contributed by atoms with Crippen LogP contribution in [0.1, 0.15) is 153 Å². The van der Waals surface area contributed by atoms with Crippen LogP contribution in [0.3, 0.4) is 0 Å². The third kappa shape index (κ3) is 16.8. The Morgan fingerprint density at radius 3 is 1.12 bits per heavy atom. The van der Waals surface area contributed by atoms with Crippen molar-refractivity contribution < 1.29 is 38.0 Å². The lowest BCUT2D eigenvalue weighted by molar-refractivity contribution is -0.182. The van der Waals surface area contributed by atoms with Gasteiger partial charge in [0.15, 0.2) is 12.2 Å². The van der Waals surface area contributed by atoms with Crippen molar-refractivity contribution in [3.05, 3.63) is 59.7 Å². The Labute approximate surface area is 339 Å². The normalized spacial score (nSPS) is 20.9. The highest BCUT2D eigenvalue weighted by atomic mass is 16.6. The summed E-state index contributed by atoms with van der Waals surface area (Å²) in [6.07, 6.45) is 24.0. The summed E-state index contributed by atoms with van der Waals surface area (Å²) in [6, 6.07) is 15.3. The van der Waals surface area contributed by atoms with Crippen LogP contribution in [0.5, 0.6) is 11.5 Å². The first-order valence-electron chi connectivity index (χ1n) is 22.2. The van der Waals surface area contributed by atoms with E-state index in [1.54, 1.807) is 0 Å². The molecule has 8 heteroatoms. The molecule has 0 aromatic heterocycles. The molecular formula is C48H74O8. The topological polar surface area (TPSA) is 89.5 Å². The summed E-state index contributed by atoms with van der Waals surface area (Å²) in [4.78, 5) is 25.7. The Balaban J connectivity index is 1.15. The minimum atomic E-state index is -1.31. The standard InChI is InChI=1S/C48H74O8/c1-5-7-9-13-37-17-21-39(22-18-37)15-11-33-53-43-29-25-41(26-30-43)35-55-45(47(49)51-3)46(48(50)52-4)56-36-42-27-31-44(32-28-42)54-34-12-16-40-23-19-38(20-24-40)14-10-8-6-2/h25-32,37-40,45-46H,5-24,33-36H2,1-4H3/t37?,38?,39?,40?,45-,46-/m1/s1. The van der Waals surface area contributed by atoms with Gasteiger partial charge in [0.05, 0.1) is 40.6 Å². The maximum Gasteiger partial charge on any atom is 0.338 e. The van der Waals surface area contributed by atoms with E-state index in [2.05, 4.69) is 13.8 Å². The molecule has 0 N–H and O–H groups in total. The minimum absolute atomic E-state index is 0.0738. The molecule has 0 saturated heterocycles. The van der Waals surface area contributed by atoms with E-state index in [1.165, 1.54) is 130 Å². The van der Waals surface area contributed by atoms with Crippen LogP contribution in [0.2, 0.25) is 0 Å². The van der Waals surface area contributed by atoms with Gasteiger partial charge in [-0.15, -0.1) is 0 Å². The van der Waals surface area contributed by atoms with E-state index in [4.69, 9.17) is 28.4 Å². The van der Waals surface area contributed by atoms with Crippen LogP contribution in [0, 0.1) is 23.7 Å². The van der Waals surface area contributed by atoms with Crippen LogP contribution >= 0.6 is 0 Å². The molecule has 2 atom stereocenters. The van der Waals surface area contributed by atoms with Crippen molar-refractivity contribution >= 4 is 11.9 Å². The molecule has 0 heterocycles. The van der Waals surface area contributed by atoms with Crippen LogP contribution < -0.4 is 9.47 Å². The number of carbonyl (C=O) groups excluding carboxylic acids is 2. The number of unbranched alkanes of at least 4 members (excludes halogenated alkanes) is 4. The van der Waals surface area contributed by atoms with Crippen molar-refractivity contribution in [2.75, 3.05) is 27.4 Å². The Morgan fingerprint density at radius 1 is 0.500 bits per heavy atom. The molecule has 2 aliphatic rings. The van der Waals surface area contributed by atoms with Crippen molar-refractivity contribution in [2.45, 2.75) is 168 Å². The summed E-state index contributed by atoms with van der Waals surface area (Å²) in [5.41, 5.74) is 1.65. The van der Waals surface area contributed by atoms with Crippen LogP contribution in [0.25, 0.3) is 0 Å². The van der Waals surface area contributed by atoms with Crippen molar-refractivity contribution in [2.24, 2.45) is 23.7 Å². The van der Waals surface area contributed by atoms with E-state index in [0.717, 1.165) is 59.1 Å². The molecule has 0 radical (unpaired) electrons. The summed E-state index contributed by atoms with van der Waals surface area (Å²) in [5.74, 6) is 3.73. The van der Waals surface area contributed by atoms with Crippen molar-refractivity contribution in [3.8, 4) is 11.5 Å². The first-order chi connectivity index (χ1) is 27.4. The van der Waals surface area contributed by atoms with E-state index < -0.39 is 24.1 Å². The molecule has 0 amide bonds. The van der Waals surface area contributed by atoms with Gasteiger partial charge in [0.25, 0.3) is 0 Å². The molecular weight excluding hydrogens is 705 g/mol. The second-order valence-electron chi connectivity index (χ2n) is 16.5. The number of rotatable bonds is 27. The zero-order valence-corrected chi connectivity index (χ0v) is 35.3. The van der Waals surface area contributed by atoms with Gasteiger partial charge < -0.3 is 28.4 Å². The molecule has 314 valence electrons. The van der Waals surface area contributed by atoms with Gasteiger partial charge in [-0.1, -0.05) is 141 Å². The number of esters is 2. The van der Waals surface area contributed by atoms with Gasteiger partial charge >= 0.3 is 11.9 Å². The molecule has 2 aliphatic carbocycles. The van der Waals surface area contributed by atoms with E-state index in [0.29, 0.717) is 13.2 Å². The van der Waals surface area contributed by atoms with Crippen molar-refractivity contribution in [1.29, 1.82) is 0 Å². The number of methoxy groups -OCH3 is 2. The van der Waals surface area contributed by atoms with Gasteiger partial charge in [0.2, 0.25) is 0 Å². The SMILES string of the molecule is CCCCCC1CCC(CCCOc2ccc(CO[C@@H](C(=O)OC)[C@@H](OCc3ccc(OCCCC4CCC(CCCCC)CC4)cc3)C(=O)OC)cc2)CC1. The van der Waals surface area contributed by atoms with Gasteiger partial charge in [0, 0.05) is 0 Å². The van der Waals surface area contributed by atoms with Gasteiger partial charge in [-0.2, -0.15) is 0 Å². The van der Waals surface area contributed by atoms with E-state index in [9.17, 15) is 9.59 Å². The summed E-state index contributed by atoms with van der Waals surface area (Å²) >= 11 is 0. The predicted molar refractivity (Wildman–Crippen MR) is 223 cm³/mol. The molecule has 0 spiro atoms. The highest BCUT2D eigenvalue weighted by Gasteiger charge is 2.38. The lowest BCUT2D eigenvalue weighted by atomic mass is 9.78. The van der Waals surface area contributed by atoms with Crippen LogP contribution in [0.15, 0.2) is 48.5 Å². The van der Waals surface area contributed by atoms with E-state index in [-0.39, 0.29) is 13.2 Å². The quantitative estimate of drug-likeness (QED) is 0.0654. The number of hydrogen-bond acceptors (Lipinski definition) is 8. The number of benzene rings is 2. The highest BCUT2D eigenvalue weighted by molar-refractivity contribution is 5.85. The highest BCUT2D eigenvalue weighted by Crippen LogP contribution is 2.35. The maximum absolute atomic E-state index is 12.9. The fourth-order valence-corrected chi connectivity index (χ4v) is 8.63. The maximum atomic E-state index is 12.9. The smallest absolute Gasteiger partial charge is 0.338 e. The van der Waals surface area contributed by atoms with Gasteiger partial charge in [-0.25, -0.2) is 9.59 Å². The fourth-order valence-electron chi connectivity index (χ4n) is 8.63.